The summed E-state index contributed by atoms with van der Waals surface area (Å²) >= 11 is 6.28. The van der Waals surface area contributed by atoms with Gasteiger partial charge in [0.25, 0.3) is 5.91 Å². The van der Waals surface area contributed by atoms with Crippen molar-refractivity contribution < 1.29 is 23.0 Å². The Balaban J connectivity index is 0.00000141. The van der Waals surface area contributed by atoms with E-state index in [-0.39, 0.29) is 46.6 Å². The van der Waals surface area contributed by atoms with Crippen molar-refractivity contribution in [2.75, 3.05) is 25.2 Å². The lowest BCUT2D eigenvalue weighted by atomic mass is 10.1. The van der Waals surface area contributed by atoms with Crippen LogP contribution in [0.1, 0.15) is 16.1 Å². The van der Waals surface area contributed by atoms with E-state index in [4.69, 9.17) is 26.8 Å². The molecule has 1 aromatic carbocycles. The molecule has 168 valence electrons. The van der Waals surface area contributed by atoms with Crippen LogP contribution < -0.4 is 20.5 Å². The second kappa shape index (κ2) is 10.1. The molecule has 3 aromatic rings. The van der Waals surface area contributed by atoms with E-state index < -0.39 is 17.5 Å². The molecule has 32 heavy (non-hydrogen) atoms. The van der Waals surface area contributed by atoms with Gasteiger partial charge in [0.05, 0.1) is 27.5 Å². The lowest BCUT2D eigenvalue weighted by Crippen LogP contribution is -2.17. The van der Waals surface area contributed by atoms with Gasteiger partial charge >= 0.3 is 0 Å². The second-order valence-corrected chi connectivity index (χ2v) is 6.81. The molecule has 1 amide bonds. The molecular weight excluding hydrogens is 461 g/mol. The summed E-state index contributed by atoms with van der Waals surface area (Å²) in [6, 6.07) is 4.73. The van der Waals surface area contributed by atoms with E-state index >= 15 is 0 Å². The van der Waals surface area contributed by atoms with E-state index in [1.165, 1.54) is 6.07 Å². The van der Waals surface area contributed by atoms with Crippen LogP contribution in [0.3, 0.4) is 0 Å². The van der Waals surface area contributed by atoms with Crippen molar-refractivity contribution in [1.29, 1.82) is 0 Å². The van der Waals surface area contributed by atoms with Crippen molar-refractivity contribution in [3.05, 3.63) is 58.4 Å². The van der Waals surface area contributed by atoms with Crippen LogP contribution in [-0.2, 0) is 0 Å². The number of anilines is 2. The van der Waals surface area contributed by atoms with Crippen LogP contribution in [0.2, 0.25) is 5.02 Å². The molecule has 4 rings (SSSR count). The Morgan fingerprint density at radius 3 is 2.59 bits per heavy atom. The van der Waals surface area contributed by atoms with E-state index in [0.29, 0.717) is 17.1 Å². The number of hydrogen-bond donors (Lipinski definition) is 2. The van der Waals surface area contributed by atoms with E-state index in [1.807, 2.05) is 6.66 Å². The van der Waals surface area contributed by atoms with Crippen LogP contribution in [-0.4, -0.2) is 35.8 Å². The molecule has 2 bridgehead atoms. The zero-order valence-corrected chi connectivity index (χ0v) is 19.1. The van der Waals surface area contributed by atoms with Gasteiger partial charge < -0.3 is 20.5 Å². The molecule has 7 nitrogen and oxygen atoms in total. The monoisotopic (exact) mass is 480 g/mol. The lowest BCUT2D eigenvalue weighted by Gasteiger charge is -2.20. The van der Waals surface area contributed by atoms with Gasteiger partial charge in [0.2, 0.25) is 0 Å². The molecule has 0 aliphatic carbocycles. The molecule has 1 aliphatic heterocycles. The van der Waals surface area contributed by atoms with Crippen LogP contribution in [0.4, 0.5) is 20.3 Å². The fourth-order valence-corrected chi connectivity index (χ4v) is 3.32. The largest absolute Gasteiger partial charge is 0.488 e. The summed E-state index contributed by atoms with van der Waals surface area (Å²) in [7, 11) is 2.42. The predicted octanol–water partition coefficient (Wildman–Crippen LogP) is 4.49. The standard InChI is InChI=1S/C20H15ClF2N4O3.CH5P/c1-9-16-14(4-5-25-9)29-6-7-30-18-13(23)3-2-12(22)15(18)17-11(21)8-10(19(24)28)20(26-16)27-17;1-2/h2-5,8H,6-7H2,1H3,(H2,24,28)(H,26,27);2H2,1H3. The van der Waals surface area contributed by atoms with Gasteiger partial charge in [-0.1, -0.05) is 18.3 Å². The molecule has 0 saturated heterocycles. The zero-order chi connectivity index (χ0) is 23.4. The number of nitrogens with zero attached hydrogens (tertiary/aromatic N) is 2. The highest BCUT2D eigenvalue weighted by atomic mass is 35.5. The van der Waals surface area contributed by atoms with Gasteiger partial charge in [-0.05, 0) is 25.1 Å². The molecule has 11 heteroatoms. The summed E-state index contributed by atoms with van der Waals surface area (Å²) in [5, 5.41) is 2.88. The Hall–Kier alpha value is -3.03. The van der Waals surface area contributed by atoms with Crippen LogP contribution in [0, 0.1) is 18.6 Å². The minimum absolute atomic E-state index is 0.0157. The molecular formula is C21H20ClF2N4O3P. The fourth-order valence-electron chi connectivity index (χ4n) is 3.07. The van der Waals surface area contributed by atoms with Gasteiger partial charge in [0.1, 0.15) is 36.3 Å². The highest BCUT2D eigenvalue weighted by Crippen LogP contribution is 2.40. The number of ether oxygens (including phenoxy) is 2. The van der Waals surface area contributed by atoms with Crippen molar-refractivity contribution in [2.24, 2.45) is 5.73 Å². The molecule has 3 N–H and O–H groups in total. The summed E-state index contributed by atoms with van der Waals surface area (Å²) in [5.74, 6) is -2.38. The number of halogens is 3. The fraction of sp³-hybridized carbons (Fsp3) is 0.190. The molecule has 3 heterocycles. The molecule has 0 fully saturated rings. The Morgan fingerprint density at radius 1 is 1.19 bits per heavy atom. The van der Waals surface area contributed by atoms with Gasteiger partial charge in [-0.15, -0.1) is 9.24 Å². The number of nitrogens with one attached hydrogen (secondary N) is 1. The summed E-state index contributed by atoms with van der Waals surface area (Å²) in [6.45, 7) is 3.60. The molecule has 1 aliphatic rings. The number of benzene rings is 1. The maximum absolute atomic E-state index is 14.7. The van der Waals surface area contributed by atoms with Crippen molar-refractivity contribution in [3.8, 4) is 22.8 Å². The smallest absolute Gasteiger partial charge is 0.252 e. The molecule has 0 saturated carbocycles. The molecule has 1 unspecified atom stereocenters. The van der Waals surface area contributed by atoms with Gasteiger partial charge in [0.15, 0.2) is 11.6 Å². The van der Waals surface area contributed by atoms with Crippen LogP contribution >= 0.6 is 20.8 Å². The molecule has 0 radical (unpaired) electrons. The van der Waals surface area contributed by atoms with Crippen LogP contribution in [0.25, 0.3) is 11.3 Å². The maximum Gasteiger partial charge on any atom is 0.252 e. The number of primary amides is 1. The van der Waals surface area contributed by atoms with Crippen molar-refractivity contribution in [2.45, 2.75) is 6.92 Å². The molecule has 1 atom stereocenters. The highest BCUT2D eigenvalue weighted by molar-refractivity contribution is 7.15. The number of nitrogens with two attached hydrogens (primary N) is 1. The second-order valence-electron chi connectivity index (χ2n) is 6.40. The van der Waals surface area contributed by atoms with Gasteiger partial charge in [-0.2, -0.15) is 0 Å². The van der Waals surface area contributed by atoms with Crippen molar-refractivity contribution in [1.82, 2.24) is 9.97 Å². The first-order valence-corrected chi connectivity index (χ1v) is 10.9. The third kappa shape index (κ3) is 4.59. The van der Waals surface area contributed by atoms with E-state index in [0.717, 1.165) is 12.1 Å². The number of pyridine rings is 2. The Labute approximate surface area is 190 Å². The van der Waals surface area contributed by atoms with E-state index in [9.17, 15) is 13.6 Å². The number of aromatic nitrogens is 2. The SMILES string of the molecule is CP.Cc1nccc2c1Nc1nc(c(Cl)cc1C(N)=O)-c1c(F)ccc(F)c1OCCO2. The summed E-state index contributed by atoms with van der Waals surface area (Å²) in [5.41, 5.74) is 6.02. The Bertz CT molecular complexity index is 1180. The predicted molar refractivity (Wildman–Crippen MR) is 122 cm³/mol. The van der Waals surface area contributed by atoms with Crippen molar-refractivity contribution in [3.63, 3.8) is 0 Å². The van der Waals surface area contributed by atoms with Crippen molar-refractivity contribution >= 4 is 38.3 Å². The third-order valence-electron chi connectivity index (χ3n) is 4.47. The Kier molecular flexibility index (Phi) is 7.43. The normalized spacial score (nSPS) is 12.2. The van der Waals surface area contributed by atoms with E-state index in [1.54, 1.807) is 19.2 Å². The maximum atomic E-state index is 14.7. The number of aryl methyl sites for hydroxylation is 1. The lowest BCUT2D eigenvalue weighted by molar-refractivity contribution is 0.100. The highest BCUT2D eigenvalue weighted by Gasteiger charge is 2.25. The molecule has 2 aromatic heterocycles. The average molecular weight is 481 g/mol. The number of amides is 1. The quantitative estimate of drug-likeness (QED) is 0.498. The number of hydrogen-bond acceptors (Lipinski definition) is 6. The van der Waals surface area contributed by atoms with Crippen LogP contribution in [0.5, 0.6) is 11.5 Å². The first-order chi connectivity index (χ1) is 15.4. The summed E-state index contributed by atoms with van der Waals surface area (Å²) in [4.78, 5) is 20.5. The number of fused-ring (bicyclic) bond motifs is 5. The van der Waals surface area contributed by atoms with E-state index in [2.05, 4.69) is 24.5 Å². The minimum Gasteiger partial charge on any atom is -0.488 e. The number of rotatable bonds is 1. The average Bonchev–Trinajstić information content (AvgIpc) is 2.77. The third-order valence-corrected chi connectivity index (χ3v) is 4.76. The Morgan fingerprint density at radius 2 is 1.88 bits per heavy atom. The summed E-state index contributed by atoms with van der Waals surface area (Å²) < 4.78 is 40.4. The van der Waals surface area contributed by atoms with Gasteiger partial charge in [-0.25, -0.2) is 13.8 Å². The molecule has 0 spiro atoms. The first-order valence-electron chi connectivity index (χ1n) is 9.41. The topological polar surface area (TPSA) is 99.4 Å². The zero-order valence-electron chi connectivity index (χ0n) is 17.2. The van der Waals surface area contributed by atoms with Gasteiger partial charge in [-0.3, -0.25) is 9.78 Å². The minimum atomic E-state index is -0.814. The van der Waals surface area contributed by atoms with Crippen LogP contribution in [0.15, 0.2) is 30.5 Å². The summed E-state index contributed by atoms with van der Waals surface area (Å²) in [6.07, 6.45) is 1.54. The number of carbonyl (C=O) groups excluding carboxylic acids is 1. The first kappa shape index (κ1) is 23.6. The number of carbonyl (C=O) groups is 1. The van der Waals surface area contributed by atoms with Gasteiger partial charge in [0, 0.05) is 12.3 Å².